The zero-order chi connectivity index (χ0) is 16.6. The van der Waals surface area contributed by atoms with Crippen LogP contribution in [0.2, 0.25) is 0 Å². The molecule has 3 aromatic rings. The predicted molar refractivity (Wildman–Crippen MR) is 92.8 cm³/mol. The minimum atomic E-state index is -0.147. The highest BCUT2D eigenvalue weighted by atomic mass is 16.5. The summed E-state index contributed by atoms with van der Waals surface area (Å²) in [4.78, 5) is 20.2. The molecule has 1 heterocycles. The van der Waals surface area contributed by atoms with Crippen LogP contribution in [0.25, 0.3) is 10.9 Å². The van der Waals surface area contributed by atoms with Gasteiger partial charge in [-0.2, -0.15) is 0 Å². The lowest BCUT2D eigenvalue weighted by Gasteiger charge is -2.08. The SMILES string of the molecule is O=C(COc1ncnc2ccccc12)NCCCc1ccccc1. The van der Waals surface area contributed by atoms with E-state index in [1.165, 1.54) is 11.9 Å². The second kappa shape index (κ2) is 8.06. The van der Waals surface area contributed by atoms with Crippen molar-refractivity contribution in [3.05, 3.63) is 66.5 Å². The van der Waals surface area contributed by atoms with E-state index >= 15 is 0 Å². The molecule has 2 aromatic carbocycles. The van der Waals surface area contributed by atoms with E-state index in [4.69, 9.17) is 4.74 Å². The Balaban J connectivity index is 1.44. The van der Waals surface area contributed by atoms with Gasteiger partial charge in [-0.3, -0.25) is 4.79 Å². The Morgan fingerprint density at radius 3 is 2.67 bits per heavy atom. The van der Waals surface area contributed by atoms with Gasteiger partial charge in [0.2, 0.25) is 5.88 Å². The smallest absolute Gasteiger partial charge is 0.258 e. The minimum Gasteiger partial charge on any atom is -0.467 e. The number of fused-ring (bicyclic) bond motifs is 1. The van der Waals surface area contributed by atoms with Crippen molar-refractivity contribution in [2.45, 2.75) is 12.8 Å². The van der Waals surface area contributed by atoms with Gasteiger partial charge in [-0.1, -0.05) is 42.5 Å². The highest BCUT2D eigenvalue weighted by Gasteiger charge is 2.07. The molecule has 5 nitrogen and oxygen atoms in total. The molecule has 0 aliphatic rings. The molecule has 5 heteroatoms. The van der Waals surface area contributed by atoms with Crippen molar-refractivity contribution >= 4 is 16.8 Å². The van der Waals surface area contributed by atoms with Gasteiger partial charge in [0, 0.05) is 6.54 Å². The number of nitrogens with one attached hydrogen (secondary N) is 1. The number of aromatic nitrogens is 2. The molecule has 0 spiro atoms. The summed E-state index contributed by atoms with van der Waals surface area (Å²) < 4.78 is 5.53. The lowest BCUT2D eigenvalue weighted by molar-refractivity contribution is -0.123. The van der Waals surface area contributed by atoms with E-state index in [1.807, 2.05) is 42.5 Å². The van der Waals surface area contributed by atoms with Crippen LogP contribution in [-0.2, 0) is 11.2 Å². The first-order valence-corrected chi connectivity index (χ1v) is 7.96. The molecule has 122 valence electrons. The van der Waals surface area contributed by atoms with Crippen LogP contribution < -0.4 is 10.1 Å². The Hall–Kier alpha value is -2.95. The van der Waals surface area contributed by atoms with E-state index in [2.05, 4.69) is 27.4 Å². The van der Waals surface area contributed by atoms with Crippen molar-refractivity contribution in [2.24, 2.45) is 0 Å². The van der Waals surface area contributed by atoms with Crippen molar-refractivity contribution in [3.8, 4) is 5.88 Å². The van der Waals surface area contributed by atoms with Crippen molar-refractivity contribution in [3.63, 3.8) is 0 Å². The molecule has 0 radical (unpaired) electrons. The summed E-state index contributed by atoms with van der Waals surface area (Å²) in [6.07, 6.45) is 3.28. The largest absolute Gasteiger partial charge is 0.467 e. The summed E-state index contributed by atoms with van der Waals surface area (Å²) in [5.74, 6) is 0.283. The Bertz CT molecular complexity index is 801. The zero-order valence-corrected chi connectivity index (χ0v) is 13.3. The molecule has 0 bridgehead atoms. The van der Waals surface area contributed by atoms with Crippen molar-refractivity contribution in [1.29, 1.82) is 0 Å². The average molecular weight is 321 g/mol. The Morgan fingerprint density at radius 1 is 1.00 bits per heavy atom. The normalized spacial score (nSPS) is 10.5. The number of hydrogen-bond donors (Lipinski definition) is 1. The number of carbonyl (C=O) groups is 1. The number of carbonyl (C=O) groups excluding carboxylic acids is 1. The molecule has 0 aliphatic carbocycles. The molecule has 3 rings (SSSR count). The minimum absolute atomic E-state index is 0.0493. The van der Waals surface area contributed by atoms with Gasteiger partial charge in [-0.05, 0) is 30.5 Å². The van der Waals surface area contributed by atoms with Gasteiger partial charge in [0.15, 0.2) is 6.61 Å². The monoisotopic (exact) mass is 321 g/mol. The van der Waals surface area contributed by atoms with E-state index in [9.17, 15) is 4.79 Å². The molecule has 0 fully saturated rings. The summed E-state index contributed by atoms with van der Waals surface area (Å²) in [5, 5.41) is 3.67. The van der Waals surface area contributed by atoms with Crippen LogP contribution in [-0.4, -0.2) is 29.0 Å². The molecule has 0 atom stereocenters. The van der Waals surface area contributed by atoms with Crippen LogP contribution >= 0.6 is 0 Å². The van der Waals surface area contributed by atoms with Crippen LogP contribution in [0.15, 0.2) is 60.9 Å². The number of para-hydroxylation sites is 1. The predicted octanol–water partition coefficient (Wildman–Crippen LogP) is 2.76. The van der Waals surface area contributed by atoms with Gasteiger partial charge in [0.1, 0.15) is 6.33 Å². The third kappa shape index (κ3) is 4.29. The van der Waals surface area contributed by atoms with Crippen LogP contribution in [0.3, 0.4) is 0 Å². The molecule has 1 amide bonds. The Kier molecular flexibility index (Phi) is 5.35. The first-order chi connectivity index (χ1) is 11.8. The van der Waals surface area contributed by atoms with Crippen LogP contribution in [0.4, 0.5) is 0 Å². The summed E-state index contributed by atoms with van der Waals surface area (Å²) in [5.41, 5.74) is 2.07. The second-order valence-corrected chi connectivity index (χ2v) is 5.42. The first kappa shape index (κ1) is 15.9. The van der Waals surface area contributed by atoms with Crippen LogP contribution in [0.5, 0.6) is 5.88 Å². The number of ether oxygens (including phenoxy) is 1. The Labute approximate surface area is 140 Å². The molecule has 1 aromatic heterocycles. The molecule has 24 heavy (non-hydrogen) atoms. The third-order valence-electron chi connectivity index (χ3n) is 3.65. The number of rotatable bonds is 7. The maximum absolute atomic E-state index is 11.9. The fraction of sp³-hybridized carbons (Fsp3) is 0.211. The fourth-order valence-corrected chi connectivity index (χ4v) is 2.45. The van der Waals surface area contributed by atoms with Crippen molar-refractivity contribution < 1.29 is 9.53 Å². The van der Waals surface area contributed by atoms with Crippen molar-refractivity contribution in [2.75, 3.05) is 13.2 Å². The fourth-order valence-electron chi connectivity index (χ4n) is 2.45. The van der Waals surface area contributed by atoms with E-state index in [0.29, 0.717) is 12.4 Å². The molecule has 0 saturated heterocycles. The summed E-state index contributed by atoms with van der Waals surface area (Å²) in [6.45, 7) is 0.577. The summed E-state index contributed by atoms with van der Waals surface area (Å²) in [6, 6.07) is 17.8. The lowest BCUT2D eigenvalue weighted by atomic mass is 10.1. The summed E-state index contributed by atoms with van der Waals surface area (Å²) >= 11 is 0. The lowest BCUT2D eigenvalue weighted by Crippen LogP contribution is -2.30. The van der Waals surface area contributed by atoms with E-state index in [1.54, 1.807) is 0 Å². The topological polar surface area (TPSA) is 64.1 Å². The molecule has 0 aliphatic heterocycles. The maximum Gasteiger partial charge on any atom is 0.258 e. The highest BCUT2D eigenvalue weighted by molar-refractivity contribution is 5.83. The number of aryl methyl sites for hydroxylation is 1. The zero-order valence-electron chi connectivity index (χ0n) is 13.3. The molecular formula is C19H19N3O2. The number of hydrogen-bond acceptors (Lipinski definition) is 4. The standard InChI is InChI=1S/C19H19N3O2/c23-18(20-12-6-9-15-7-2-1-3-8-15)13-24-19-16-10-4-5-11-17(16)21-14-22-19/h1-5,7-8,10-11,14H,6,9,12-13H2,(H,20,23). The van der Waals surface area contributed by atoms with Crippen molar-refractivity contribution in [1.82, 2.24) is 15.3 Å². The average Bonchev–Trinajstić information content (AvgIpc) is 2.64. The second-order valence-electron chi connectivity index (χ2n) is 5.42. The quantitative estimate of drug-likeness (QED) is 0.680. The number of amides is 1. The van der Waals surface area contributed by atoms with E-state index in [-0.39, 0.29) is 12.5 Å². The van der Waals surface area contributed by atoms with Gasteiger partial charge in [-0.25, -0.2) is 9.97 Å². The molecular weight excluding hydrogens is 302 g/mol. The molecule has 0 unspecified atom stereocenters. The van der Waals surface area contributed by atoms with Gasteiger partial charge in [-0.15, -0.1) is 0 Å². The first-order valence-electron chi connectivity index (χ1n) is 7.96. The highest BCUT2D eigenvalue weighted by Crippen LogP contribution is 2.20. The Morgan fingerprint density at radius 2 is 1.79 bits per heavy atom. The molecule has 0 saturated carbocycles. The van der Waals surface area contributed by atoms with E-state index in [0.717, 1.165) is 23.7 Å². The molecule has 1 N–H and O–H groups in total. The number of benzene rings is 2. The van der Waals surface area contributed by atoms with Gasteiger partial charge in [0.05, 0.1) is 10.9 Å². The van der Waals surface area contributed by atoms with E-state index < -0.39 is 0 Å². The van der Waals surface area contributed by atoms with Gasteiger partial charge in [0.25, 0.3) is 5.91 Å². The number of nitrogens with zero attached hydrogens (tertiary/aromatic N) is 2. The maximum atomic E-state index is 11.9. The van der Waals surface area contributed by atoms with Gasteiger partial charge >= 0.3 is 0 Å². The van der Waals surface area contributed by atoms with Gasteiger partial charge < -0.3 is 10.1 Å². The summed E-state index contributed by atoms with van der Waals surface area (Å²) in [7, 11) is 0. The van der Waals surface area contributed by atoms with Crippen LogP contribution in [0, 0.1) is 0 Å². The van der Waals surface area contributed by atoms with Crippen LogP contribution in [0.1, 0.15) is 12.0 Å². The third-order valence-corrected chi connectivity index (χ3v) is 3.65.